The zero-order chi connectivity index (χ0) is 11.8. The van der Waals surface area contributed by atoms with E-state index in [1.807, 2.05) is 0 Å². The quantitative estimate of drug-likeness (QED) is 0.882. The molecule has 1 heterocycles. The van der Waals surface area contributed by atoms with Gasteiger partial charge in [0.05, 0.1) is 28.6 Å². The smallest absolute Gasteiger partial charge is 0.0999 e. The molecule has 1 N–H and O–H groups in total. The van der Waals surface area contributed by atoms with Gasteiger partial charge in [-0.05, 0) is 19.3 Å². The summed E-state index contributed by atoms with van der Waals surface area (Å²) in [6.07, 6.45) is 4.72. The van der Waals surface area contributed by atoms with Gasteiger partial charge in [0.1, 0.15) is 0 Å². The summed E-state index contributed by atoms with van der Waals surface area (Å²) in [5.41, 5.74) is 0.512. The van der Waals surface area contributed by atoms with Crippen LogP contribution in [0.25, 0.3) is 0 Å². The molecular formula is C11H17ClN2O2. The van der Waals surface area contributed by atoms with E-state index in [0.29, 0.717) is 17.1 Å². The summed E-state index contributed by atoms with van der Waals surface area (Å²) in [6, 6.07) is 0. The van der Waals surface area contributed by atoms with E-state index in [9.17, 15) is 5.11 Å². The maximum atomic E-state index is 10.2. The van der Waals surface area contributed by atoms with Crippen molar-refractivity contribution < 1.29 is 9.84 Å². The van der Waals surface area contributed by atoms with Crippen molar-refractivity contribution in [3.63, 3.8) is 0 Å². The molecule has 0 bridgehead atoms. The molecule has 0 amide bonds. The molecule has 0 aliphatic heterocycles. The summed E-state index contributed by atoms with van der Waals surface area (Å²) in [6.45, 7) is 0. The monoisotopic (exact) mass is 244 g/mol. The van der Waals surface area contributed by atoms with Crippen LogP contribution in [0.3, 0.4) is 0 Å². The van der Waals surface area contributed by atoms with E-state index in [-0.39, 0.29) is 5.60 Å². The van der Waals surface area contributed by atoms with Gasteiger partial charge in [0.15, 0.2) is 0 Å². The Hall–Kier alpha value is -0.580. The van der Waals surface area contributed by atoms with E-state index in [4.69, 9.17) is 16.3 Å². The Bertz CT molecular complexity index is 349. The molecule has 1 aromatic rings. The van der Waals surface area contributed by atoms with E-state index in [1.54, 1.807) is 25.0 Å². The lowest BCUT2D eigenvalue weighted by Gasteiger charge is -2.41. The minimum atomic E-state index is -0.611. The largest absolute Gasteiger partial charge is 0.387 e. The van der Waals surface area contributed by atoms with Crippen molar-refractivity contribution >= 4 is 11.6 Å². The predicted octanol–water partition coefficient (Wildman–Crippen LogP) is 2.07. The third-order valence-corrected chi connectivity index (χ3v) is 3.81. The second-order valence-electron chi connectivity index (χ2n) is 4.46. The predicted molar refractivity (Wildman–Crippen MR) is 61.4 cm³/mol. The number of aryl methyl sites for hydroxylation is 1. The maximum Gasteiger partial charge on any atom is 0.0999 e. The van der Waals surface area contributed by atoms with Gasteiger partial charge in [-0.2, -0.15) is 5.10 Å². The summed E-state index contributed by atoms with van der Waals surface area (Å²) in [5.74, 6) is 0. The molecular weight excluding hydrogens is 228 g/mol. The van der Waals surface area contributed by atoms with Gasteiger partial charge < -0.3 is 9.84 Å². The first kappa shape index (κ1) is 11.9. The number of aromatic nitrogens is 2. The fourth-order valence-electron chi connectivity index (χ4n) is 2.31. The number of hydrogen-bond donors (Lipinski definition) is 1. The normalized spacial score (nSPS) is 20.5. The number of rotatable bonds is 4. The zero-order valence-electron chi connectivity index (χ0n) is 9.61. The van der Waals surface area contributed by atoms with Crippen molar-refractivity contribution in [1.29, 1.82) is 0 Å². The lowest BCUT2D eigenvalue weighted by molar-refractivity contribution is -0.101. The maximum absolute atomic E-state index is 10.2. The molecule has 0 spiro atoms. The molecule has 2 rings (SSSR count). The molecule has 0 saturated heterocycles. The van der Waals surface area contributed by atoms with Crippen molar-refractivity contribution in [2.24, 2.45) is 7.05 Å². The van der Waals surface area contributed by atoms with Gasteiger partial charge in [-0.3, -0.25) is 4.68 Å². The second-order valence-corrected chi connectivity index (χ2v) is 4.87. The SMILES string of the molecule is COC1(CC(O)c2c(Cl)cnn2C)CCC1. The molecule has 0 aromatic carbocycles. The van der Waals surface area contributed by atoms with Crippen molar-refractivity contribution in [2.45, 2.75) is 37.4 Å². The van der Waals surface area contributed by atoms with Crippen molar-refractivity contribution in [1.82, 2.24) is 9.78 Å². The van der Waals surface area contributed by atoms with Gasteiger partial charge >= 0.3 is 0 Å². The molecule has 1 fully saturated rings. The average Bonchev–Trinajstić information content (AvgIpc) is 2.52. The molecule has 1 aromatic heterocycles. The summed E-state index contributed by atoms with van der Waals surface area (Å²) in [4.78, 5) is 0. The first-order valence-corrected chi connectivity index (χ1v) is 5.86. The topological polar surface area (TPSA) is 47.3 Å². The van der Waals surface area contributed by atoms with Gasteiger partial charge in [-0.1, -0.05) is 11.6 Å². The van der Waals surface area contributed by atoms with Gasteiger partial charge in [0.25, 0.3) is 0 Å². The number of hydrogen-bond acceptors (Lipinski definition) is 3. The second kappa shape index (κ2) is 4.35. The fourth-order valence-corrected chi connectivity index (χ4v) is 2.60. The molecule has 5 heteroatoms. The van der Waals surface area contributed by atoms with Crippen LogP contribution in [0.5, 0.6) is 0 Å². The molecule has 0 radical (unpaired) electrons. The van der Waals surface area contributed by atoms with E-state index < -0.39 is 6.10 Å². The Kier molecular flexibility index (Phi) is 3.24. The lowest BCUT2D eigenvalue weighted by Crippen LogP contribution is -2.40. The van der Waals surface area contributed by atoms with Gasteiger partial charge in [-0.25, -0.2) is 0 Å². The zero-order valence-corrected chi connectivity index (χ0v) is 10.4. The molecule has 1 saturated carbocycles. The molecule has 16 heavy (non-hydrogen) atoms. The Morgan fingerprint density at radius 1 is 1.69 bits per heavy atom. The first-order valence-electron chi connectivity index (χ1n) is 5.48. The molecule has 4 nitrogen and oxygen atoms in total. The molecule has 90 valence electrons. The number of ether oxygens (including phenoxy) is 1. The van der Waals surface area contributed by atoms with E-state index in [0.717, 1.165) is 12.8 Å². The van der Waals surface area contributed by atoms with Crippen LogP contribution in [-0.2, 0) is 11.8 Å². The summed E-state index contributed by atoms with van der Waals surface area (Å²) >= 11 is 5.99. The fraction of sp³-hybridized carbons (Fsp3) is 0.727. The van der Waals surface area contributed by atoms with Gasteiger partial charge in [-0.15, -0.1) is 0 Å². The highest BCUT2D eigenvalue weighted by Gasteiger charge is 2.39. The lowest BCUT2D eigenvalue weighted by atomic mass is 9.76. The number of aliphatic hydroxyl groups excluding tert-OH is 1. The third kappa shape index (κ3) is 1.97. The highest BCUT2D eigenvalue weighted by Crippen LogP contribution is 2.42. The van der Waals surface area contributed by atoms with Crippen LogP contribution < -0.4 is 0 Å². The van der Waals surface area contributed by atoms with Crippen LogP contribution in [0.15, 0.2) is 6.20 Å². The molecule has 1 aliphatic carbocycles. The average molecular weight is 245 g/mol. The Balaban J connectivity index is 2.11. The van der Waals surface area contributed by atoms with Gasteiger partial charge in [0.2, 0.25) is 0 Å². The highest BCUT2D eigenvalue weighted by molar-refractivity contribution is 6.31. The molecule has 1 unspecified atom stereocenters. The number of nitrogens with zero attached hydrogens (tertiary/aromatic N) is 2. The number of methoxy groups -OCH3 is 1. The van der Waals surface area contributed by atoms with Crippen molar-refractivity contribution in [3.05, 3.63) is 16.9 Å². The van der Waals surface area contributed by atoms with Crippen LogP contribution in [0.1, 0.15) is 37.5 Å². The van der Waals surface area contributed by atoms with Crippen LogP contribution >= 0.6 is 11.6 Å². The van der Waals surface area contributed by atoms with Crippen molar-refractivity contribution in [2.75, 3.05) is 7.11 Å². The highest BCUT2D eigenvalue weighted by atomic mass is 35.5. The standard InChI is InChI=1S/C11H17ClN2O2/c1-14-10(8(12)7-13-14)9(15)6-11(16-2)4-3-5-11/h7,9,15H,3-6H2,1-2H3. The minimum Gasteiger partial charge on any atom is -0.387 e. The summed E-state index contributed by atoms with van der Waals surface area (Å²) in [7, 11) is 3.49. The van der Waals surface area contributed by atoms with E-state index in [1.165, 1.54) is 6.42 Å². The Morgan fingerprint density at radius 2 is 2.38 bits per heavy atom. The van der Waals surface area contributed by atoms with Crippen molar-refractivity contribution in [3.8, 4) is 0 Å². The number of aliphatic hydroxyl groups is 1. The number of halogens is 1. The Labute approximate surface area is 100 Å². The first-order chi connectivity index (χ1) is 7.58. The third-order valence-electron chi connectivity index (χ3n) is 3.52. The van der Waals surface area contributed by atoms with Gasteiger partial charge in [0, 0.05) is 20.6 Å². The van der Waals surface area contributed by atoms with E-state index >= 15 is 0 Å². The van der Waals surface area contributed by atoms with Crippen LogP contribution in [0, 0.1) is 0 Å². The molecule has 1 atom stereocenters. The minimum absolute atomic E-state index is 0.160. The van der Waals surface area contributed by atoms with Crippen LogP contribution in [-0.4, -0.2) is 27.6 Å². The summed E-state index contributed by atoms with van der Waals surface area (Å²) in [5, 5.41) is 14.7. The van der Waals surface area contributed by atoms with Crippen LogP contribution in [0.4, 0.5) is 0 Å². The van der Waals surface area contributed by atoms with Crippen LogP contribution in [0.2, 0.25) is 5.02 Å². The van der Waals surface area contributed by atoms with E-state index in [2.05, 4.69) is 5.10 Å². The summed E-state index contributed by atoms with van der Waals surface area (Å²) < 4.78 is 7.11. The Morgan fingerprint density at radius 3 is 2.75 bits per heavy atom. The molecule has 1 aliphatic rings.